The van der Waals surface area contributed by atoms with Crippen LogP contribution in [0.2, 0.25) is 5.02 Å². The Morgan fingerprint density at radius 3 is 2.80 bits per heavy atom. The Labute approximate surface area is 126 Å². The molecule has 0 aliphatic rings. The molecule has 0 saturated heterocycles. The minimum absolute atomic E-state index is 0.0835. The van der Waals surface area contributed by atoms with Gasteiger partial charge in [-0.1, -0.05) is 30.2 Å². The van der Waals surface area contributed by atoms with E-state index < -0.39 is 0 Å². The van der Waals surface area contributed by atoms with Crippen LogP contribution in [0.15, 0.2) is 24.3 Å². The number of carbonyl (C=O) groups excluding carboxylic acids is 1. The predicted octanol–water partition coefficient (Wildman–Crippen LogP) is 3.90. The number of esters is 1. The summed E-state index contributed by atoms with van der Waals surface area (Å²) in [5, 5.41) is 0.783. The average Bonchev–Trinajstić information content (AvgIpc) is 2.38. The van der Waals surface area contributed by atoms with Gasteiger partial charge < -0.3 is 9.64 Å². The first-order chi connectivity index (χ1) is 9.61. The molecule has 3 nitrogen and oxygen atoms in total. The third-order valence-corrected chi connectivity index (χ3v) is 3.30. The molecule has 0 spiro atoms. The van der Waals surface area contributed by atoms with E-state index in [9.17, 15) is 4.79 Å². The molecular formula is C16H24ClNO2. The van der Waals surface area contributed by atoms with E-state index in [1.807, 2.05) is 25.1 Å². The molecule has 0 bridgehead atoms. The van der Waals surface area contributed by atoms with Crippen molar-refractivity contribution in [2.45, 2.75) is 39.2 Å². The van der Waals surface area contributed by atoms with Crippen molar-refractivity contribution in [2.75, 3.05) is 20.2 Å². The first kappa shape index (κ1) is 17.0. The summed E-state index contributed by atoms with van der Waals surface area (Å²) in [5.74, 6) is -0.0835. The number of benzene rings is 1. The zero-order valence-electron chi connectivity index (χ0n) is 12.4. The lowest BCUT2D eigenvalue weighted by atomic mass is 10.1. The standard InChI is InChI=1S/C16H24ClNO2/c1-3-20-16(19)10-5-4-6-11-18(2)13-14-8-7-9-15(17)12-14/h7-9,12H,3-6,10-11,13H2,1-2H3. The highest BCUT2D eigenvalue weighted by atomic mass is 35.5. The molecule has 0 N–H and O–H groups in total. The van der Waals surface area contributed by atoms with Crippen LogP contribution in [0, 0.1) is 0 Å². The molecule has 0 heterocycles. The molecule has 20 heavy (non-hydrogen) atoms. The molecule has 0 saturated carbocycles. The Bertz CT molecular complexity index is 409. The largest absolute Gasteiger partial charge is 0.466 e. The molecule has 0 unspecified atom stereocenters. The van der Waals surface area contributed by atoms with Gasteiger partial charge in [0.1, 0.15) is 0 Å². The lowest BCUT2D eigenvalue weighted by Crippen LogP contribution is -2.19. The highest BCUT2D eigenvalue weighted by molar-refractivity contribution is 6.30. The van der Waals surface area contributed by atoms with Crippen LogP contribution in [0.5, 0.6) is 0 Å². The monoisotopic (exact) mass is 297 g/mol. The summed E-state index contributed by atoms with van der Waals surface area (Å²) in [4.78, 5) is 13.4. The topological polar surface area (TPSA) is 29.5 Å². The summed E-state index contributed by atoms with van der Waals surface area (Å²) in [7, 11) is 2.10. The van der Waals surface area contributed by atoms with E-state index in [0.717, 1.165) is 37.4 Å². The molecular weight excluding hydrogens is 274 g/mol. The van der Waals surface area contributed by atoms with Gasteiger partial charge in [0.05, 0.1) is 6.61 Å². The number of unbranched alkanes of at least 4 members (excludes halogenated alkanes) is 2. The molecule has 0 radical (unpaired) electrons. The van der Waals surface area contributed by atoms with Crippen LogP contribution in [-0.2, 0) is 16.1 Å². The Balaban J connectivity index is 2.11. The fraction of sp³-hybridized carbons (Fsp3) is 0.562. The summed E-state index contributed by atoms with van der Waals surface area (Å²) >= 11 is 5.97. The number of hydrogen-bond donors (Lipinski definition) is 0. The van der Waals surface area contributed by atoms with Gasteiger partial charge in [-0.2, -0.15) is 0 Å². The van der Waals surface area contributed by atoms with E-state index in [0.29, 0.717) is 13.0 Å². The third-order valence-electron chi connectivity index (χ3n) is 3.07. The number of nitrogens with zero attached hydrogens (tertiary/aromatic N) is 1. The van der Waals surface area contributed by atoms with Crippen molar-refractivity contribution in [2.24, 2.45) is 0 Å². The zero-order valence-corrected chi connectivity index (χ0v) is 13.2. The van der Waals surface area contributed by atoms with Crippen LogP contribution in [0.3, 0.4) is 0 Å². The fourth-order valence-electron chi connectivity index (χ4n) is 2.09. The second-order valence-corrected chi connectivity index (χ2v) is 5.42. The van der Waals surface area contributed by atoms with Crippen molar-refractivity contribution in [3.8, 4) is 0 Å². The van der Waals surface area contributed by atoms with Crippen molar-refractivity contribution in [3.05, 3.63) is 34.9 Å². The third kappa shape index (κ3) is 7.51. The zero-order chi connectivity index (χ0) is 14.8. The molecule has 0 aliphatic carbocycles. The molecule has 0 atom stereocenters. The maximum Gasteiger partial charge on any atom is 0.305 e. The Morgan fingerprint density at radius 1 is 1.30 bits per heavy atom. The van der Waals surface area contributed by atoms with E-state index in [-0.39, 0.29) is 5.97 Å². The minimum atomic E-state index is -0.0835. The normalized spacial score (nSPS) is 10.8. The SMILES string of the molecule is CCOC(=O)CCCCCN(C)Cc1cccc(Cl)c1. The van der Waals surface area contributed by atoms with Crippen molar-refractivity contribution in [1.29, 1.82) is 0 Å². The maximum atomic E-state index is 11.2. The van der Waals surface area contributed by atoms with Gasteiger partial charge >= 0.3 is 5.97 Å². The van der Waals surface area contributed by atoms with Gasteiger partial charge in [0, 0.05) is 18.0 Å². The Hall–Kier alpha value is -1.06. The van der Waals surface area contributed by atoms with Crippen LogP contribution >= 0.6 is 11.6 Å². The van der Waals surface area contributed by atoms with Gasteiger partial charge in [-0.05, 0) is 51.1 Å². The molecule has 1 aromatic carbocycles. The van der Waals surface area contributed by atoms with Crippen LogP contribution < -0.4 is 0 Å². The second-order valence-electron chi connectivity index (χ2n) is 4.98. The van der Waals surface area contributed by atoms with Crippen molar-refractivity contribution < 1.29 is 9.53 Å². The molecule has 1 aromatic rings. The summed E-state index contributed by atoms with van der Waals surface area (Å²) in [6.45, 7) is 4.23. The van der Waals surface area contributed by atoms with E-state index in [2.05, 4.69) is 18.0 Å². The smallest absolute Gasteiger partial charge is 0.305 e. The van der Waals surface area contributed by atoms with Crippen molar-refractivity contribution in [1.82, 2.24) is 4.90 Å². The van der Waals surface area contributed by atoms with E-state index in [4.69, 9.17) is 16.3 Å². The average molecular weight is 298 g/mol. The first-order valence-electron chi connectivity index (χ1n) is 7.20. The number of carbonyl (C=O) groups is 1. The van der Waals surface area contributed by atoms with E-state index >= 15 is 0 Å². The van der Waals surface area contributed by atoms with Crippen LogP contribution in [-0.4, -0.2) is 31.1 Å². The quantitative estimate of drug-likeness (QED) is 0.511. The minimum Gasteiger partial charge on any atom is -0.466 e. The van der Waals surface area contributed by atoms with Gasteiger partial charge in [-0.15, -0.1) is 0 Å². The molecule has 1 rings (SSSR count). The number of rotatable bonds is 9. The lowest BCUT2D eigenvalue weighted by molar-refractivity contribution is -0.143. The van der Waals surface area contributed by atoms with Gasteiger partial charge in [0.2, 0.25) is 0 Å². The van der Waals surface area contributed by atoms with Crippen LogP contribution in [0.25, 0.3) is 0 Å². The van der Waals surface area contributed by atoms with Crippen LogP contribution in [0.4, 0.5) is 0 Å². The first-order valence-corrected chi connectivity index (χ1v) is 7.58. The highest BCUT2D eigenvalue weighted by Crippen LogP contribution is 2.12. The highest BCUT2D eigenvalue weighted by Gasteiger charge is 2.03. The molecule has 0 amide bonds. The summed E-state index contributed by atoms with van der Waals surface area (Å²) in [6, 6.07) is 7.95. The number of halogens is 1. The summed E-state index contributed by atoms with van der Waals surface area (Å²) in [5.41, 5.74) is 1.23. The van der Waals surface area contributed by atoms with Gasteiger partial charge in [0.15, 0.2) is 0 Å². The van der Waals surface area contributed by atoms with Gasteiger partial charge in [0.25, 0.3) is 0 Å². The van der Waals surface area contributed by atoms with Crippen molar-refractivity contribution >= 4 is 17.6 Å². The maximum absolute atomic E-state index is 11.2. The van der Waals surface area contributed by atoms with Gasteiger partial charge in [-0.25, -0.2) is 0 Å². The Kier molecular flexibility index (Phi) is 8.31. The van der Waals surface area contributed by atoms with Gasteiger partial charge in [-0.3, -0.25) is 4.79 Å². The van der Waals surface area contributed by atoms with Crippen molar-refractivity contribution in [3.63, 3.8) is 0 Å². The second kappa shape index (κ2) is 9.78. The summed E-state index contributed by atoms with van der Waals surface area (Å²) < 4.78 is 4.90. The molecule has 0 aromatic heterocycles. The number of ether oxygens (including phenoxy) is 1. The molecule has 0 fully saturated rings. The predicted molar refractivity (Wildman–Crippen MR) is 82.9 cm³/mol. The van der Waals surface area contributed by atoms with Crippen LogP contribution in [0.1, 0.15) is 38.2 Å². The molecule has 0 aliphatic heterocycles. The lowest BCUT2D eigenvalue weighted by Gasteiger charge is -2.16. The Morgan fingerprint density at radius 2 is 2.10 bits per heavy atom. The number of hydrogen-bond acceptors (Lipinski definition) is 3. The molecule has 4 heteroatoms. The van der Waals surface area contributed by atoms with E-state index in [1.165, 1.54) is 5.56 Å². The summed E-state index contributed by atoms with van der Waals surface area (Å²) in [6.07, 6.45) is 3.59. The molecule has 112 valence electrons. The van der Waals surface area contributed by atoms with E-state index in [1.54, 1.807) is 0 Å². The fourth-order valence-corrected chi connectivity index (χ4v) is 2.30.